The number of piperazine rings is 1. The van der Waals surface area contributed by atoms with E-state index in [-0.39, 0.29) is 6.54 Å². The van der Waals surface area contributed by atoms with Gasteiger partial charge in [0.2, 0.25) is 15.8 Å². The molecule has 11 heteroatoms. The highest BCUT2D eigenvalue weighted by Crippen LogP contribution is 2.37. The van der Waals surface area contributed by atoms with Crippen molar-refractivity contribution in [3.63, 3.8) is 0 Å². The summed E-state index contributed by atoms with van der Waals surface area (Å²) >= 11 is 0. The molecule has 0 N–H and O–H groups in total. The number of nitrogens with zero attached hydrogens (tertiary/aromatic N) is 3. The first-order valence-corrected chi connectivity index (χ1v) is 11.6. The Bertz CT molecular complexity index is 1090. The summed E-state index contributed by atoms with van der Waals surface area (Å²) in [5.74, 6) is -11.7. The predicted octanol–water partition coefficient (Wildman–Crippen LogP) is 3.49. The minimum atomic E-state index is -4.98. The summed E-state index contributed by atoms with van der Waals surface area (Å²) < 4.78 is 95.9. The second kappa shape index (κ2) is 8.60. The first-order chi connectivity index (χ1) is 15.1. The van der Waals surface area contributed by atoms with Gasteiger partial charge in [0.25, 0.3) is 0 Å². The normalized spacial score (nSPS) is 17.9. The van der Waals surface area contributed by atoms with Crippen LogP contribution in [0.1, 0.15) is 18.4 Å². The second-order valence-electron chi connectivity index (χ2n) is 8.14. The van der Waals surface area contributed by atoms with Crippen molar-refractivity contribution >= 4 is 15.7 Å². The Hall–Kier alpha value is -2.24. The van der Waals surface area contributed by atoms with Crippen LogP contribution >= 0.6 is 0 Å². The first-order valence-electron chi connectivity index (χ1n) is 10.2. The number of rotatable bonds is 6. The van der Waals surface area contributed by atoms with Crippen molar-refractivity contribution in [2.75, 3.05) is 38.1 Å². The van der Waals surface area contributed by atoms with Crippen LogP contribution in [0.4, 0.5) is 27.6 Å². The van der Waals surface area contributed by atoms with Crippen LogP contribution in [0.25, 0.3) is 0 Å². The lowest BCUT2D eigenvalue weighted by Gasteiger charge is -2.34. The fraction of sp³-hybridized carbons (Fsp3) is 0.429. The van der Waals surface area contributed by atoms with Crippen LogP contribution in [0, 0.1) is 29.1 Å². The molecule has 0 radical (unpaired) electrons. The van der Waals surface area contributed by atoms with E-state index in [9.17, 15) is 30.4 Å². The van der Waals surface area contributed by atoms with Crippen LogP contribution in [0.2, 0.25) is 0 Å². The molecule has 1 saturated heterocycles. The van der Waals surface area contributed by atoms with Gasteiger partial charge in [-0.3, -0.25) is 0 Å². The highest BCUT2D eigenvalue weighted by molar-refractivity contribution is 7.89. The van der Waals surface area contributed by atoms with Crippen molar-refractivity contribution < 1.29 is 30.4 Å². The lowest BCUT2D eigenvalue weighted by molar-refractivity contribution is 0.313. The van der Waals surface area contributed by atoms with Gasteiger partial charge in [0.1, 0.15) is 0 Å². The van der Waals surface area contributed by atoms with E-state index in [2.05, 4.69) is 9.80 Å². The zero-order chi connectivity index (χ0) is 23.2. The third-order valence-corrected chi connectivity index (χ3v) is 7.75. The van der Waals surface area contributed by atoms with E-state index < -0.39 is 50.0 Å². The molecule has 0 bridgehead atoms. The highest BCUT2D eigenvalue weighted by atomic mass is 32.2. The molecule has 4 rings (SSSR count). The van der Waals surface area contributed by atoms with Crippen LogP contribution in [0.15, 0.2) is 29.2 Å². The summed E-state index contributed by atoms with van der Waals surface area (Å²) in [5, 5.41) is 0. The molecule has 2 aromatic carbocycles. The van der Waals surface area contributed by atoms with E-state index in [1.807, 2.05) is 19.2 Å². The van der Waals surface area contributed by atoms with Crippen molar-refractivity contribution in [1.29, 1.82) is 0 Å². The molecular formula is C21H22F5N3O2S. The molecule has 0 spiro atoms. The number of anilines is 1. The van der Waals surface area contributed by atoms with Gasteiger partial charge >= 0.3 is 0 Å². The molecule has 174 valence electrons. The van der Waals surface area contributed by atoms with Gasteiger partial charge in [-0.15, -0.1) is 0 Å². The molecule has 1 aliphatic heterocycles. The average Bonchev–Trinajstić information content (AvgIpc) is 3.60. The van der Waals surface area contributed by atoms with E-state index in [1.165, 1.54) is 0 Å². The molecule has 2 aliphatic rings. The van der Waals surface area contributed by atoms with Gasteiger partial charge in [-0.1, -0.05) is 12.1 Å². The topological polar surface area (TPSA) is 43.9 Å². The van der Waals surface area contributed by atoms with Gasteiger partial charge in [0.15, 0.2) is 28.2 Å². The summed E-state index contributed by atoms with van der Waals surface area (Å²) in [6.45, 7) is 3.28. The molecule has 2 fully saturated rings. The zero-order valence-electron chi connectivity index (χ0n) is 17.3. The van der Waals surface area contributed by atoms with Crippen molar-refractivity contribution in [3.8, 4) is 0 Å². The van der Waals surface area contributed by atoms with E-state index >= 15 is 0 Å². The van der Waals surface area contributed by atoms with Crippen molar-refractivity contribution in [2.24, 2.45) is 0 Å². The first kappa shape index (κ1) is 22.9. The molecule has 32 heavy (non-hydrogen) atoms. The van der Waals surface area contributed by atoms with Crippen LogP contribution < -0.4 is 4.90 Å². The van der Waals surface area contributed by atoms with Gasteiger partial charge < -0.3 is 9.80 Å². The Kier molecular flexibility index (Phi) is 6.17. The van der Waals surface area contributed by atoms with Crippen molar-refractivity contribution in [2.45, 2.75) is 30.3 Å². The number of hydrogen-bond acceptors (Lipinski definition) is 4. The number of sulfonamides is 1. The summed E-state index contributed by atoms with van der Waals surface area (Å²) in [6, 6.07) is 6.51. The fourth-order valence-electron chi connectivity index (χ4n) is 3.76. The molecule has 0 unspecified atom stereocenters. The van der Waals surface area contributed by atoms with Gasteiger partial charge in [-0.2, -0.15) is 4.31 Å². The molecule has 5 nitrogen and oxygen atoms in total. The van der Waals surface area contributed by atoms with Crippen LogP contribution in [-0.4, -0.2) is 56.9 Å². The van der Waals surface area contributed by atoms with Gasteiger partial charge in [-0.05, 0) is 37.6 Å². The summed E-state index contributed by atoms with van der Waals surface area (Å²) in [5.41, 5.74) is 1.50. The third-order valence-electron chi connectivity index (χ3n) is 5.83. The molecule has 1 heterocycles. The number of likely N-dealkylation sites (N-methyl/N-ethyl adjacent to an activating group) is 1. The molecular weight excluding hydrogens is 453 g/mol. The van der Waals surface area contributed by atoms with E-state index in [1.54, 1.807) is 12.1 Å². The third kappa shape index (κ3) is 4.20. The maximum atomic E-state index is 14.2. The number of halogens is 5. The van der Waals surface area contributed by atoms with E-state index in [0.29, 0.717) is 18.4 Å². The summed E-state index contributed by atoms with van der Waals surface area (Å²) in [6.07, 6.45) is 0.877. The molecule has 1 aliphatic carbocycles. The molecule has 1 saturated carbocycles. The maximum absolute atomic E-state index is 14.2. The Morgan fingerprint density at radius 1 is 0.844 bits per heavy atom. The lowest BCUT2D eigenvalue weighted by Crippen LogP contribution is -2.44. The SMILES string of the molecule is CN1CCN(c2ccc(CN(C3CC3)S(=O)(=O)c3c(F)c(F)c(F)c(F)c3F)cc2)CC1. The minimum absolute atomic E-state index is 0.241. The summed E-state index contributed by atoms with van der Waals surface area (Å²) in [4.78, 5) is 2.59. The summed E-state index contributed by atoms with van der Waals surface area (Å²) in [7, 11) is -2.94. The van der Waals surface area contributed by atoms with Crippen LogP contribution in [-0.2, 0) is 16.6 Å². The van der Waals surface area contributed by atoms with Crippen LogP contribution in [0.3, 0.4) is 0 Å². The van der Waals surface area contributed by atoms with Gasteiger partial charge in [-0.25, -0.2) is 30.4 Å². The second-order valence-corrected chi connectivity index (χ2v) is 9.96. The fourth-order valence-corrected chi connectivity index (χ4v) is 5.55. The van der Waals surface area contributed by atoms with Crippen LogP contribution in [0.5, 0.6) is 0 Å². The largest absolute Gasteiger partial charge is 0.369 e. The zero-order valence-corrected chi connectivity index (χ0v) is 18.1. The average molecular weight is 475 g/mol. The number of hydrogen-bond donors (Lipinski definition) is 0. The molecule has 0 atom stereocenters. The van der Waals surface area contributed by atoms with Gasteiger partial charge in [0.05, 0.1) is 0 Å². The quantitative estimate of drug-likeness (QED) is 0.365. The molecule has 0 amide bonds. The van der Waals surface area contributed by atoms with E-state index in [4.69, 9.17) is 0 Å². The molecule has 0 aromatic heterocycles. The number of benzene rings is 2. The Morgan fingerprint density at radius 3 is 1.84 bits per heavy atom. The highest BCUT2D eigenvalue weighted by Gasteiger charge is 2.43. The van der Waals surface area contributed by atoms with E-state index in [0.717, 1.165) is 36.2 Å². The monoisotopic (exact) mass is 475 g/mol. The minimum Gasteiger partial charge on any atom is -0.369 e. The van der Waals surface area contributed by atoms with Gasteiger partial charge in [0, 0.05) is 44.5 Å². The van der Waals surface area contributed by atoms with Crippen molar-refractivity contribution in [1.82, 2.24) is 9.21 Å². The Balaban J connectivity index is 1.61. The Labute approximate surface area is 183 Å². The smallest absolute Gasteiger partial charge is 0.249 e. The van der Waals surface area contributed by atoms with Crippen molar-refractivity contribution in [3.05, 3.63) is 58.9 Å². The maximum Gasteiger partial charge on any atom is 0.249 e. The standard InChI is InChI=1S/C21H22F5N3O2S/c1-27-8-10-28(11-9-27)14-4-2-13(3-5-14)12-29(15-6-7-15)32(30,31)21-19(25)17(23)16(22)18(24)20(21)26/h2-5,15H,6-12H2,1H3. The predicted molar refractivity (Wildman–Crippen MR) is 108 cm³/mol. The molecule has 2 aromatic rings. The lowest BCUT2D eigenvalue weighted by atomic mass is 10.1. The Morgan fingerprint density at radius 2 is 1.34 bits per heavy atom.